The Morgan fingerprint density at radius 1 is 1.19 bits per heavy atom. The number of aromatic amines is 1. The minimum atomic E-state index is -0.222. The standard InChI is InChI=1S/C24H24FN3OS2/c1-16-21(22-14-17(25)5-10-23(22)26-16)11-12-28(15-20-4-3-13-31-20)24(30)27-18-6-8-19(29-2)9-7-18/h3-10,13-14,26H,11-12,15H2,1-2H3,(H,27,30). The van der Waals surface area contributed by atoms with Crippen LogP contribution >= 0.6 is 23.6 Å². The molecule has 0 unspecified atom stereocenters. The zero-order chi connectivity index (χ0) is 21.8. The molecule has 4 nitrogen and oxygen atoms in total. The zero-order valence-corrected chi connectivity index (χ0v) is 19.1. The molecule has 0 amide bonds. The lowest BCUT2D eigenvalue weighted by Crippen LogP contribution is -2.35. The molecule has 160 valence electrons. The highest BCUT2D eigenvalue weighted by molar-refractivity contribution is 7.80. The first-order valence-electron chi connectivity index (χ1n) is 10.0. The lowest BCUT2D eigenvalue weighted by atomic mass is 10.1. The SMILES string of the molecule is COc1ccc(NC(=S)N(CCc2c(C)[nH]c3ccc(F)cc23)Cc2cccs2)cc1. The fourth-order valence-corrected chi connectivity index (χ4v) is 4.64. The van der Waals surface area contributed by atoms with Gasteiger partial charge in [-0.25, -0.2) is 4.39 Å². The van der Waals surface area contributed by atoms with Crippen molar-refractivity contribution in [1.29, 1.82) is 0 Å². The third-order valence-electron chi connectivity index (χ3n) is 5.27. The number of hydrogen-bond donors (Lipinski definition) is 2. The van der Waals surface area contributed by atoms with Gasteiger partial charge in [-0.05, 0) is 85.0 Å². The number of H-pyrrole nitrogens is 1. The van der Waals surface area contributed by atoms with Crippen LogP contribution in [0.15, 0.2) is 60.0 Å². The largest absolute Gasteiger partial charge is 0.497 e. The summed E-state index contributed by atoms with van der Waals surface area (Å²) in [6.07, 6.45) is 0.755. The van der Waals surface area contributed by atoms with Gasteiger partial charge in [0.2, 0.25) is 0 Å². The number of anilines is 1. The van der Waals surface area contributed by atoms with E-state index in [2.05, 4.69) is 26.6 Å². The summed E-state index contributed by atoms with van der Waals surface area (Å²) >= 11 is 7.47. The third kappa shape index (κ3) is 5.06. The van der Waals surface area contributed by atoms with E-state index in [1.807, 2.05) is 37.3 Å². The van der Waals surface area contributed by atoms with Crippen LogP contribution in [0.2, 0.25) is 0 Å². The first kappa shape index (κ1) is 21.3. The molecular weight excluding hydrogens is 429 g/mol. The van der Waals surface area contributed by atoms with Gasteiger partial charge in [-0.2, -0.15) is 0 Å². The predicted molar refractivity (Wildman–Crippen MR) is 131 cm³/mol. The fourth-order valence-electron chi connectivity index (χ4n) is 3.64. The Balaban J connectivity index is 1.53. The first-order valence-corrected chi connectivity index (χ1v) is 11.3. The van der Waals surface area contributed by atoms with Gasteiger partial charge in [0.25, 0.3) is 0 Å². The molecule has 0 atom stereocenters. The van der Waals surface area contributed by atoms with Crippen LogP contribution < -0.4 is 10.1 Å². The Morgan fingerprint density at radius 3 is 2.71 bits per heavy atom. The molecule has 7 heteroatoms. The molecule has 4 rings (SSSR count). The molecule has 0 aliphatic carbocycles. The van der Waals surface area contributed by atoms with E-state index in [-0.39, 0.29) is 5.82 Å². The van der Waals surface area contributed by atoms with Gasteiger partial charge in [-0.3, -0.25) is 0 Å². The number of thiophene rings is 1. The second-order valence-corrected chi connectivity index (χ2v) is 8.75. The Hall–Kier alpha value is -2.90. The number of methoxy groups -OCH3 is 1. The number of aryl methyl sites for hydroxylation is 1. The molecule has 0 bridgehead atoms. The average molecular weight is 454 g/mol. The normalized spacial score (nSPS) is 10.9. The van der Waals surface area contributed by atoms with E-state index >= 15 is 0 Å². The van der Waals surface area contributed by atoms with Crippen LogP contribution in [0.4, 0.5) is 10.1 Å². The monoisotopic (exact) mass is 453 g/mol. The number of halogens is 1. The summed E-state index contributed by atoms with van der Waals surface area (Å²) in [4.78, 5) is 6.75. The van der Waals surface area contributed by atoms with E-state index in [1.54, 1.807) is 30.6 Å². The van der Waals surface area contributed by atoms with Crippen LogP contribution in [0.3, 0.4) is 0 Å². The summed E-state index contributed by atoms with van der Waals surface area (Å²) in [7, 11) is 1.65. The lowest BCUT2D eigenvalue weighted by molar-refractivity contribution is 0.415. The number of fused-ring (bicyclic) bond motifs is 1. The second-order valence-electron chi connectivity index (χ2n) is 7.33. The molecule has 0 radical (unpaired) electrons. The Morgan fingerprint density at radius 2 is 2.00 bits per heavy atom. The molecule has 0 aliphatic rings. The number of nitrogens with one attached hydrogen (secondary N) is 2. The molecule has 0 aliphatic heterocycles. The highest BCUT2D eigenvalue weighted by Crippen LogP contribution is 2.24. The van der Waals surface area contributed by atoms with Crippen molar-refractivity contribution in [3.63, 3.8) is 0 Å². The quantitative estimate of drug-likeness (QED) is 0.330. The molecule has 2 aromatic carbocycles. The summed E-state index contributed by atoms with van der Waals surface area (Å²) in [6, 6.07) is 16.7. The van der Waals surface area contributed by atoms with Crippen molar-refractivity contribution in [1.82, 2.24) is 9.88 Å². The molecule has 0 spiro atoms. The maximum absolute atomic E-state index is 13.8. The van der Waals surface area contributed by atoms with Crippen molar-refractivity contribution >= 4 is 45.3 Å². The molecule has 2 aromatic heterocycles. The Kier molecular flexibility index (Phi) is 6.53. The van der Waals surface area contributed by atoms with Crippen molar-refractivity contribution in [2.75, 3.05) is 19.0 Å². The van der Waals surface area contributed by atoms with Gasteiger partial charge in [0.05, 0.1) is 13.7 Å². The third-order valence-corrected chi connectivity index (χ3v) is 6.49. The van der Waals surface area contributed by atoms with Crippen molar-refractivity contribution in [3.8, 4) is 5.75 Å². The topological polar surface area (TPSA) is 40.3 Å². The van der Waals surface area contributed by atoms with E-state index in [1.165, 1.54) is 10.9 Å². The minimum absolute atomic E-state index is 0.222. The number of nitrogens with zero attached hydrogens (tertiary/aromatic N) is 1. The number of rotatable bonds is 7. The van der Waals surface area contributed by atoms with E-state index in [0.717, 1.165) is 46.6 Å². The number of ether oxygens (including phenoxy) is 1. The molecular formula is C24H24FN3OS2. The van der Waals surface area contributed by atoms with E-state index in [9.17, 15) is 4.39 Å². The zero-order valence-electron chi connectivity index (χ0n) is 17.4. The van der Waals surface area contributed by atoms with Crippen LogP contribution in [0.5, 0.6) is 5.75 Å². The van der Waals surface area contributed by atoms with Crippen LogP contribution in [0.1, 0.15) is 16.1 Å². The van der Waals surface area contributed by atoms with E-state index in [0.29, 0.717) is 11.7 Å². The summed E-state index contributed by atoms with van der Waals surface area (Å²) in [5.41, 5.74) is 4.05. The highest BCUT2D eigenvalue weighted by atomic mass is 32.1. The van der Waals surface area contributed by atoms with Gasteiger partial charge < -0.3 is 19.9 Å². The van der Waals surface area contributed by atoms with E-state index < -0.39 is 0 Å². The number of benzene rings is 2. The lowest BCUT2D eigenvalue weighted by Gasteiger charge is -2.26. The van der Waals surface area contributed by atoms with Crippen molar-refractivity contribution in [3.05, 3.63) is 81.9 Å². The van der Waals surface area contributed by atoms with Gasteiger partial charge in [0.15, 0.2) is 5.11 Å². The highest BCUT2D eigenvalue weighted by Gasteiger charge is 2.15. The van der Waals surface area contributed by atoms with Crippen molar-refractivity contribution < 1.29 is 9.13 Å². The molecule has 4 aromatic rings. The Bertz CT molecular complexity index is 1170. The van der Waals surface area contributed by atoms with Crippen molar-refractivity contribution in [2.45, 2.75) is 19.9 Å². The minimum Gasteiger partial charge on any atom is -0.497 e. The first-order chi connectivity index (χ1) is 15.0. The maximum Gasteiger partial charge on any atom is 0.173 e. The molecule has 2 N–H and O–H groups in total. The number of hydrogen-bond acceptors (Lipinski definition) is 3. The summed E-state index contributed by atoms with van der Waals surface area (Å²) in [5, 5.41) is 6.99. The molecule has 2 heterocycles. The smallest absolute Gasteiger partial charge is 0.173 e. The molecule has 0 fully saturated rings. The Labute approximate surface area is 190 Å². The summed E-state index contributed by atoms with van der Waals surface area (Å²) in [5.74, 6) is 0.578. The van der Waals surface area contributed by atoms with Crippen LogP contribution in [-0.2, 0) is 13.0 Å². The predicted octanol–water partition coefficient (Wildman–Crippen LogP) is 6.13. The second kappa shape index (κ2) is 9.49. The molecule has 31 heavy (non-hydrogen) atoms. The maximum atomic E-state index is 13.8. The summed E-state index contributed by atoms with van der Waals surface area (Å²) in [6.45, 7) is 3.46. The van der Waals surface area contributed by atoms with E-state index in [4.69, 9.17) is 17.0 Å². The van der Waals surface area contributed by atoms with Crippen LogP contribution in [-0.4, -0.2) is 28.7 Å². The van der Waals surface area contributed by atoms with Crippen LogP contribution in [0.25, 0.3) is 10.9 Å². The average Bonchev–Trinajstić information content (AvgIpc) is 3.38. The fraction of sp³-hybridized carbons (Fsp3) is 0.208. The van der Waals surface area contributed by atoms with Gasteiger partial charge in [0.1, 0.15) is 11.6 Å². The van der Waals surface area contributed by atoms with Gasteiger partial charge in [0, 0.05) is 33.7 Å². The molecule has 0 saturated heterocycles. The number of aromatic nitrogens is 1. The van der Waals surface area contributed by atoms with Crippen LogP contribution in [0, 0.1) is 12.7 Å². The van der Waals surface area contributed by atoms with Gasteiger partial charge >= 0.3 is 0 Å². The molecule has 0 saturated carbocycles. The van der Waals surface area contributed by atoms with Gasteiger partial charge in [-0.15, -0.1) is 11.3 Å². The van der Waals surface area contributed by atoms with Gasteiger partial charge in [-0.1, -0.05) is 6.07 Å². The summed E-state index contributed by atoms with van der Waals surface area (Å²) < 4.78 is 19.1. The van der Waals surface area contributed by atoms with Crippen molar-refractivity contribution in [2.24, 2.45) is 0 Å². The number of thiocarbonyl (C=S) groups is 1.